The number of hydrogen-bond donors (Lipinski definition) is 2. The van der Waals surface area contributed by atoms with Gasteiger partial charge >= 0.3 is 0 Å². The van der Waals surface area contributed by atoms with E-state index in [-0.39, 0.29) is 33.3 Å². The summed E-state index contributed by atoms with van der Waals surface area (Å²) in [6, 6.07) is 14.1. The fraction of sp³-hybridized carbons (Fsp3) is 0.316. The molecule has 0 unspecified atom stereocenters. The van der Waals surface area contributed by atoms with Crippen LogP contribution < -0.4 is 10.0 Å². The Hall–Kier alpha value is -1.89. The van der Waals surface area contributed by atoms with E-state index in [1.807, 2.05) is 37.3 Å². The van der Waals surface area contributed by atoms with Crippen molar-refractivity contribution in [3.63, 3.8) is 0 Å². The average Bonchev–Trinajstić information content (AvgIpc) is 3.43. The van der Waals surface area contributed by atoms with Crippen LogP contribution >= 0.6 is 11.6 Å². The van der Waals surface area contributed by atoms with Gasteiger partial charge in [0.1, 0.15) is 4.90 Å². The highest BCUT2D eigenvalue weighted by molar-refractivity contribution is 7.89. The summed E-state index contributed by atoms with van der Waals surface area (Å²) in [4.78, 5) is 12.4. The number of nitrogens with one attached hydrogen (secondary N) is 2. The van der Waals surface area contributed by atoms with E-state index in [4.69, 9.17) is 11.6 Å². The van der Waals surface area contributed by atoms with Crippen LogP contribution in [-0.2, 0) is 10.0 Å². The maximum Gasteiger partial charge on any atom is 0.251 e. The van der Waals surface area contributed by atoms with Crippen LogP contribution in [0, 0.1) is 0 Å². The van der Waals surface area contributed by atoms with Crippen molar-refractivity contribution in [3.8, 4) is 0 Å². The molecule has 26 heavy (non-hydrogen) atoms. The van der Waals surface area contributed by atoms with Gasteiger partial charge in [0.15, 0.2) is 0 Å². The molecule has 0 heterocycles. The molecular formula is C19H21ClN2O3S. The Morgan fingerprint density at radius 1 is 1.19 bits per heavy atom. The van der Waals surface area contributed by atoms with Crippen LogP contribution in [0.1, 0.15) is 41.6 Å². The molecule has 0 spiro atoms. The fourth-order valence-corrected chi connectivity index (χ4v) is 4.41. The lowest BCUT2D eigenvalue weighted by atomic mass is 10.0. The van der Waals surface area contributed by atoms with Crippen LogP contribution in [0.3, 0.4) is 0 Å². The van der Waals surface area contributed by atoms with Gasteiger partial charge in [-0.1, -0.05) is 48.9 Å². The highest BCUT2D eigenvalue weighted by Crippen LogP contribution is 2.27. The molecule has 0 radical (unpaired) electrons. The lowest BCUT2D eigenvalue weighted by molar-refractivity contribution is 0.0951. The van der Waals surface area contributed by atoms with Crippen molar-refractivity contribution >= 4 is 27.5 Å². The molecule has 5 nitrogen and oxygen atoms in total. The lowest BCUT2D eigenvalue weighted by Crippen LogP contribution is -2.29. The van der Waals surface area contributed by atoms with Crippen molar-refractivity contribution in [1.82, 2.24) is 10.0 Å². The molecular weight excluding hydrogens is 372 g/mol. The summed E-state index contributed by atoms with van der Waals surface area (Å²) in [5, 5.41) is 2.96. The summed E-state index contributed by atoms with van der Waals surface area (Å²) in [5.41, 5.74) is 1.40. The molecule has 0 aliphatic heterocycles. The van der Waals surface area contributed by atoms with E-state index < -0.39 is 10.0 Å². The van der Waals surface area contributed by atoms with Gasteiger partial charge in [0.05, 0.1) is 5.02 Å². The number of sulfonamides is 1. The molecule has 1 saturated carbocycles. The summed E-state index contributed by atoms with van der Waals surface area (Å²) in [6.45, 7) is 2.47. The summed E-state index contributed by atoms with van der Waals surface area (Å²) in [6.07, 6.45) is 1.66. The molecule has 1 amide bonds. The van der Waals surface area contributed by atoms with Gasteiger partial charge in [-0.3, -0.25) is 4.79 Å². The van der Waals surface area contributed by atoms with Crippen molar-refractivity contribution in [3.05, 3.63) is 64.7 Å². The van der Waals surface area contributed by atoms with Crippen molar-refractivity contribution in [2.24, 2.45) is 0 Å². The van der Waals surface area contributed by atoms with Crippen molar-refractivity contribution < 1.29 is 13.2 Å². The number of rotatable bonds is 7. The van der Waals surface area contributed by atoms with E-state index in [1.165, 1.54) is 18.2 Å². The zero-order valence-corrected chi connectivity index (χ0v) is 16.0. The number of hydrogen-bond acceptors (Lipinski definition) is 3. The van der Waals surface area contributed by atoms with E-state index in [9.17, 15) is 13.2 Å². The zero-order chi connectivity index (χ0) is 18.7. The van der Waals surface area contributed by atoms with Crippen molar-refractivity contribution in [2.75, 3.05) is 6.54 Å². The number of benzene rings is 2. The average molecular weight is 393 g/mol. The lowest BCUT2D eigenvalue weighted by Gasteiger charge is -2.14. The first-order valence-electron chi connectivity index (χ1n) is 8.52. The minimum Gasteiger partial charge on any atom is -0.351 e. The van der Waals surface area contributed by atoms with Crippen LogP contribution in [0.4, 0.5) is 0 Å². The molecule has 1 fully saturated rings. The van der Waals surface area contributed by atoms with Crippen molar-refractivity contribution in [1.29, 1.82) is 0 Å². The Morgan fingerprint density at radius 3 is 2.54 bits per heavy atom. The first kappa shape index (κ1) is 18.9. The maximum atomic E-state index is 12.4. The minimum atomic E-state index is -3.72. The van der Waals surface area contributed by atoms with E-state index in [1.54, 1.807) is 0 Å². The Balaban J connectivity index is 1.70. The third kappa shape index (κ3) is 4.63. The maximum absolute atomic E-state index is 12.4. The Kier molecular flexibility index (Phi) is 5.65. The van der Waals surface area contributed by atoms with Gasteiger partial charge < -0.3 is 5.32 Å². The normalized spacial score (nSPS) is 15.5. The highest BCUT2D eigenvalue weighted by atomic mass is 35.5. The molecule has 1 aliphatic rings. The van der Waals surface area contributed by atoms with Crippen LogP contribution in [-0.4, -0.2) is 26.9 Å². The van der Waals surface area contributed by atoms with E-state index in [0.717, 1.165) is 18.4 Å². The van der Waals surface area contributed by atoms with Gasteiger partial charge in [-0.2, -0.15) is 0 Å². The molecule has 0 bridgehead atoms. The first-order valence-corrected chi connectivity index (χ1v) is 10.4. The number of carbonyl (C=O) groups is 1. The molecule has 1 atom stereocenters. The van der Waals surface area contributed by atoms with Gasteiger partial charge in [-0.05, 0) is 42.5 Å². The Morgan fingerprint density at radius 2 is 1.88 bits per heavy atom. The standard InChI is InChI=1S/C19H21ClN2O3S/c1-13(14-5-3-2-4-6-14)12-21-19(23)15-7-10-17(20)18(11-15)26(24,25)22-16-8-9-16/h2-7,10-11,13,16,22H,8-9,12H2,1H3,(H,21,23)/t13-/m0/s1. The minimum absolute atomic E-state index is 0.0275. The zero-order valence-electron chi connectivity index (χ0n) is 14.4. The molecule has 2 N–H and O–H groups in total. The molecule has 2 aromatic rings. The monoisotopic (exact) mass is 392 g/mol. The van der Waals surface area contributed by atoms with Gasteiger partial charge in [0.25, 0.3) is 5.91 Å². The third-order valence-corrected chi connectivity index (χ3v) is 6.32. The summed E-state index contributed by atoms with van der Waals surface area (Å²) in [5.74, 6) is -0.181. The van der Waals surface area contributed by atoms with Gasteiger partial charge in [0, 0.05) is 18.2 Å². The molecule has 1 aliphatic carbocycles. The first-order chi connectivity index (χ1) is 12.4. The molecule has 0 saturated heterocycles. The fourth-order valence-electron chi connectivity index (χ4n) is 2.58. The third-order valence-electron chi connectivity index (χ3n) is 4.32. The second-order valence-electron chi connectivity index (χ2n) is 6.56. The molecule has 138 valence electrons. The molecule has 2 aromatic carbocycles. The Labute approximate surface area is 158 Å². The predicted octanol–water partition coefficient (Wildman–Crippen LogP) is 3.31. The van der Waals surface area contributed by atoms with Gasteiger partial charge in [-0.25, -0.2) is 13.1 Å². The number of halogens is 1. The SMILES string of the molecule is C[C@@H](CNC(=O)c1ccc(Cl)c(S(=O)(=O)NC2CC2)c1)c1ccccc1. The van der Waals surface area contributed by atoms with Gasteiger partial charge in [0.2, 0.25) is 10.0 Å². The molecule has 3 rings (SSSR count). The topological polar surface area (TPSA) is 75.3 Å². The summed E-state index contributed by atoms with van der Waals surface area (Å²) >= 11 is 6.05. The van der Waals surface area contributed by atoms with E-state index in [0.29, 0.717) is 6.54 Å². The van der Waals surface area contributed by atoms with Crippen LogP contribution in [0.25, 0.3) is 0 Å². The molecule has 7 heteroatoms. The number of carbonyl (C=O) groups excluding carboxylic acids is 1. The van der Waals surface area contributed by atoms with Gasteiger partial charge in [-0.15, -0.1) is 0 Å². The summed E-state index contributed by atoms with van der Waals surface area (Å²) in [7, 11) is -3.72. The number of amides is 1. The van der Waals surface area contributed by atoms with E-state index in [2.05, 4.69) is 10.0 Å². The van der Waals surface area contributed by atoms with Crippen LogP contribution in [0.2, 0.25) is 5.02 Å². The van der Waals surface area contributed by atoms with Crippen LogP contribution in [0.15, 0.2) is 53.4 Å². The smallest absolute Gasteiger partial charge is 0.251 e. The van der Waals surface area contributed by atoms with E-state index >= 15 is 0 Å². The predicted molar refractivity (Wildman–Crippen MR) is 102 cm³/mol. The highest BCUT2D eigenvalue weighted by Gasteiger charge is 2.29. The quantitative estimate of drug-likeness (QED) is 0.759. The second-order valence-corrected chi connectivity index (χ2v) is 8.65. The Bertz CT molecular complexity index is 896. The van der Waals surface area contributed by atoms with Crippen LogP contribution in [0.5, 0.6) is 0 Å². The second kappa shape index (κ2) is 7.78. The largest absolute Gasteiger partial charge is 0.351 e. The van der Waals surface area contributed by atoms with Crippen molar-refractivity contribution in [2.45, 2.75) is 36.6 Å². The molecule has 0 aromatic heterocycles. The summed E-state index contributed by atoms with van der Waals surface area (Å²) < 4.78 is 27.4.